The number of hydrogen-bond acceptors (Lipinski definition) is 3. The monoisotopic (exact) mass is 401 g/mol. The van der Waals surface area contributed by atoms with Crippen LogP contribution in [-0.4, -0.2) is 30.5 Å². The van der Waals surface area contributed by atoms with Crippen molar-refractivity contribution in [3.63, 3.8) is 0 Å². The molecule has 0 radical (unpaired) electrons. The van der Waals surface area contributed by atoms with Crippen molar-refractivity contribution in [1.82, 2.24) is 5.32 Å². The molecule has 0 bridgehead atoms. The van der Waals surface area contributed by atoms with Crippen molar-refractivity contribution in [2.24, 2.45) is 0 Å². The highest BCUT2D eigenvalue weighted by Crippen LogP contribution is 2.44. The highest BCUT2D eigenvalue weighted by atomic mass is 16.5. The van der Waals surface area contributed by atoms with Crippen molar-refractivity contribution in [3.05, 3.63) is 95.6 Å². The predicted molar refractivity (Wildman–Crippen MR) is 118 cm³/mol. The minimum atomic E-state index is -0.407. The summed E-state index contributed by atoms with van der Waals surface area (Å²) in [6, 6.07) is 26.6. The van der Waals surface area contributed by atoms with Crippen molar-refractivity contribution >= 4 is 6.09 Å². The summed E-state index contributed by atoms with van der Waals surface area (Å²) < 4.78 is 5.68. The Bertz CT molecular complexity index is 941. The molecule has 0 aromatic heterocycles. The molecule has 0 fully saturated rings. The van der Waals surface area contributed by atoms with Crippen LogP contribution in [0.3, 0.4) is 0 Å². The maximum absolute atomic E-state index is 12.6. The van der Waals surface area contributed by atoms with E-state index < -0.39 is 6.09 Å². The van der Waals surface area contributed by atoms with E-state index >= 15 is 0 Å². The van der Waals surface area contributed by atoms with Gasteiger partial charge in [-0.05, 0) is 47.1 Å². The number of benzene rings is 3. The highest BCUT2D eigenvalue weighted by Gasteiger charge is 2.29. The molecule has 0 aliphatic heterocycles. The third-order valence-electron chi connectivity index (χ3n) is 5.70. The second kappa shape index (κ2) is 9.59. The summed E-state index contributed by atoms with van der Waals surface area (Å²) in [7, 11) is 0. The van der Waals surface area contributed by atoms with E-state index in [-0.39, 0.29) is 18.6 Å². The molecule has 2 N–H and O–H groups in total. The fraction of sp³-hybridized carbons (Fsp3) is 0.269. The first-order valence-corrected chi connectivity index (χ1v) is 10.5. The van der Waals surface area contributed by atoms with Crippen LogP contribution in [0.15, 0.2) is 78.9 Å². The van der Waals surface area contributed by atoms with Crippen LogP contribution < -0.4 is 5.32 Å². The molecule has 4 heteroatoms. The number of aliphatic hydroxyl groups excluding tert-OH is 1. The molecule has 0 spiro atoms. The van der Waals surface area contributed by atoms with Crippen molar-refractivity contribution in [2.45, 2.75) is 31.2 Å². The number of nitrogens with one attached hydrogen (secondary N) is 1. The zero-order valence-electron chi connectivity index (χ0n) is 17.0. The van der Waals surface area contributed by atoms with Gasteiger partial charge in [-0.2, -0.15) is 0 Å². The largest absolute Gasteiger partial charge is 0.449 e. The Balaban J connectivity index is 1.41. The number of hydrogen-bond donors (Lipinski definition) is 2. The van der Waals surface area contributed by atoms with Gasteiger partial charge in [-0.15, -0.1) is 0 Å². The van der Waals surface area contributed by atoms with Gasteiger partial charge in [0.25, 0.3) is 0 Å². The molecule has 0 heterocycles. The molecule has 3 aromatic carbocycles. The molecule has 1 aliphatic carbocycles. The summed E-state index contributed by atoms with van der Waals surface area (Å²) in [5, 5.41) is 12.2. The van der Waals surface area contributed by atoms with Gasteiger partial charge in [0, 0.05) is 18.6 Å². The van der Waals surface area contributed by atoms with Crippen LogP contribution >= 0.6 is 0 Å². The number of alkyl carbamates (subject to hydrolysis) is 1. The fourth-order valence-electron chi connectivity index (χ4n) is 4.27. The third-order valence-corrected chi connectivity index (χ3v) is 5.70. The van der Waals surface area contributed by atoms with E-state index in [9.17, 15) is 9.90 Å². The standard InChI is InChI=1S/C26H27NO3/c28-16-8-11-20(17-19-9-2-1-3-10-19)27-26(29)30-18-25-23-14-6-4-12-21(23)22-13-5-7-15-24(22)25/h1-7,9-10,12-15,20,25,28H,8,11,16-18H2,(H,27,29)/t20-/m1/s1. The van der Waals surface area contributed by atoms with Crippen LogP contribution in [0.2, 0.25) is 0 Å². The number of aliphatic hydroxyl groups is 1. The van der Waals surface area contributed by atoms with E-state index in [4.69, 9.17) is 4.74 Å². The van der Waals surface area contributed by atoms with Crippen molar-refractivity contribution in [2.75, 3.05) is 13.2 Å². The van der Waals surface area contributed by atoms with Crippen LogP contribution in [0, 0.1) is 0 Å². The Hall–Kier alpha value is -3.11. The summed E-state index contributed by atoms with van der Waals surface area (Å²) in [6.45, 7) is 0.412. The lowest BCUT2D eigenvalue weighted by Crippen LogP contribution is -2.37. The summed E-state index contributed by atoms with van der Waals surface area (Å²) in [5.74, 6) is 0.0492. The average Bonchev–Trinajstić information content (AvgIpc) is 3.10. The number of rotatable bonds is 8. The molecular weight excluding hydrogens is 374 g/mol. The predicted octanol–water partition coefficient (Wildman–Crippen LogP) is 4.91. The molecule has 4 nitrogen and oxygen atoms in total. The van der Waals surface area contributed by atoms with E-state index in [1.807, 2.05) is 54.6 Å². The molecule has 1 atom stereocenters. The topological polar surface area (TPSA) is 58.6 Å². The van der Waals surface area contributed by atoms with Gasteiger partial charge in [-0.25, -0.2) is 4.79 Å². The van der Waals surface area contributed by atoms with Crippen molar-refractivity contribution < 1.29 is 14.6 Å². The van der Waals surface area contributed by atoms with Gasteiger partial charge >= 0.3 is 6.09 Å². The summed E-state index contributed by atoms with van der Waals surface area (Å²) >= 11 is 0. The van der Waals surface area contributed by atoms with Crippen LogP contribution in [-0.2, 0) is 11.2 Å². The number of carbonyl (C=O) groups excluding carboxylic acids is 1. The van der Waals surface area contributed by atoms with Crippen LogP contribution in [0.4, 0.5) is 4.79 Å². The van der Waals surface area contributed by atoms with Gasteiger partial charge in [0.1, 0.15) is 6.61 Å². The van der Waals surface area contributed by atoms with Crippen molar-refractivity contribution in [1.29, 1.82) is 0 Å². The lowest BCUT2D eigenvalue weighted by atomic mass is 9.98. The summed E-state index contributed by atoms with van der Waals surface area (Å²) in [4.78, 5) is 12.6. The molecule has 30 heavy (non-hydrogen) atoms. The quantitative estimate of drug-likeness (QED) is 0.564. The lowest BCUT2D eigenvalue weighted by molar-refractivity contribution is 0.137. The van der Waals surface area contributed by atoms with E-state index in [1.54, 1.807) is 0 Å². The van der Waals surface area contributed by atoms with E-state index in [0.717, 1.165) is 5.56 Å². The van der Waals surface area contributed by atoms with Gasteiger partial charge in [0.2, 0.25) is 0 Å². The van der Waals surface area contributed by atoms with E-state index in [0.29, 0.717) is 25.9 Å². The first-order valence-electron chi connectivity index (χ1n) is 10.5. The van der Waals surface area contributed by atoms with Gasteiger partial charge in [0.15, 0.2) is 0 Å². The lowest BCUT2D eigenvalue weighted by Gasteiger charge is -2.20. The van der Waals surface area contributed by atoms with E-state index in [2.05, 4.69) is 29.6 Å². The molecule has 1 aliphatic rings. The number of ether oxygens (including phenoxy) is 1. The second-order valence-electron chi connectivity index (χ2n) is 7.72. The Morgan fingerprint density at radius 2 is 1.50 bits per heavy atom. The zero-order valence-corrected chi connectivity index (χ0v) is 17.0. The first kappa shape index (κ1) is 20.2. The van der Waals surface area contributed by atoms with Gasteiger partial charge in [0.05, 0.1) is 0 Å². The molecule has 154 valence electrons. The maximum Gasteiger partial charge on any atom is 0.407 e. The Morgan fingerprint density at radius 1 is 0.900 bits per heavy atom. The maximum atomic E-state index is 12.6. The van der Waals surface area contributed by atoms with Gasteiger partial charge in [-0.1, -0.05) is 78.9 Å². The first-order chi connectivity index (χ1) is 14.8. The molecule has 0 unspecified atom stereocenters. The average molecular weight is 402 g/mol. The summed E-state index contributed by atoms with van der Waals surface area (Å²) in [5.41, 5.74) is 5.98. The molecule has 1 amide bonds. The molecular formula is C26H27NO3. The molecule has 0 saturated heterocycles. The number of amides is 1. The third kappa shape index (κ3) is 4.55. The zero-order chi connectivity index (χ0) is 20.8. The Morgan fingerprint density at radius 3 is 2.13 bits per heavy atom. The molecule has 0 saturated carbocycles. The van der Waals surface area contributed by atoms with Crippen LogP contribution in [0.1, 0.15) is 35.4 Å². The van der Waals surface area contributed by atoms with Gasteiger partial charge < -0.3 is 15.2 Å². The smallest absolute Gasteiger partial charge is 0.407 e. The normalized spacial score (nSPS) is 13.4. The molecule has 4 rings (SSSR count). The van der Waals surface area contributed by atoms with Crippen LogP contribution in [0.25, 0.3) is 11.1 Å². The van der Waals surface area contributed by atoms with E-state index in [1.165, 1.54) is 22.3 Å². The highest BCUT2D eigenvalue weighted by molar-refractivity contribution is 5.79. The SMILES string of the molecule is O=C(N[C@H](CCCO)Cc1ccccc1)OCC1c2ccccc2-c2ccccc21. The second-order valence-corrected chi connectivity index (χ2v) is 7.72. The summed E-state index contributed by atoms with van der Waals surface area (Å²) in [6.07, 6.45) is 1.65. The Kier molecular flexibility index (Phi) is 6.45. The minimum absolute atomic E-state index is 0.0492. The van der Waals surface area contributed by atoms with Crippen molar-refractivity contribution in [3.8, 4) is 11.1 Å². The molecule has 3 aromatic rings. The van der Waals surface area contributed by atoms with Gasteiger partial charge in [-0.3, -0.25) is 0 Å². The number of carbonyl (C=O) groups is 1. The van der Waals surface area contributed by atoms with Crippen LogP contribution in [0.5, 0.6) is 0 Å². The Labute approximate surface area is 177 Å². The fourth-order valence-corrected chi connectivity index (χ4v) is 4.27. The number of fused-ring (bicyclic) bond motifs is 3. The minimum Gasteiger partial charge on any atom is -0.449 e.